The van der Waals surface area contributed by atoms with E-state index in [1.54, 1.807) is 0 Å². The number of aliphatic hydroxyl groups excluding tert-OH is 2. The Hall–Kier alpha value is -0.340. The molecule has 5 aliphatic carbocycles. The standard InChI is InChI=1S/C30H50O2/c1-25(2)13-14-27(5)15-16-29(7)19(20(27)17-25)9-10-23-28(6)18-21(31)24(32)26(3,4)22(28)11-12-30(23,29)8/h17,19,21-24,31-32H,9-16,18H2,1-8H3/t19-,21+,22+,23+,24-,27+,28-,29+,30+/m0/s1. The molecule has 9 atom stereocenters. The van der Waals surface area contributed by atoms with E-state index in [1.807, 2.05) is 5.57 Å². The first-order valence-electron chi connectivity index (χ1n) is 13.7. The van der Waals surface area contributed by atoms with E-state index < -0.39 is 12.2 Å². The van der Waals surface area contributed by atoms with E-state index in [0.717, 1.165) is 6.42 Å². The smallest absolute Gasteiger partial charge is 0.0852 e. The Labute approximate surface area is 197 Å². The fourth-order valence-electron chi connectivity index (χ4n) is 10.8. The number of aliphatic hydroxyl groups is 2. The van der Waals surface area contributed by atoms with Gasteiger partial charge in [0.2, 0.25) is 0 Å². The predicted molar refractivity (Wildman–Crippen MR) is 132 cm³/mol. The summed E-state index contributed by atoms with van der Waals surface area (Å²) in [7, 11) is 0. The Morgan fingerprint density at radius 2 is 1.38 bits per heavy atom. The second-order valence-electron chi connectivity index (χ2n) is 15.3. The molecule has 0 aromatic rings. The van der Waals surface area contributed by atoms with Crippen molar-refractivity contribution in [2.45, 2.75) is 125 Å². The van der Waals surface area contributed by atoms with Crippen molar-refractivity contribution in [3.8, 4) is 0 Å². The summed E-state index contributed by atoms with van der Waals surface area (Å²) in [6.07, 6.45) is 12.8. The van der Waals surface area contributed by atoms with Gasteiger partial charge in [-0.05, 0) is 108 Å². The van der Waals surface area contributed by atoms with Crippen molar-refractivity contribution in [1.29, 1.82) is 0 Å². The van der Waals surface area contributed by atoms with E-state index in [9.17, 15) is 10.2 Å². The molecule has 0 bridgehead atoms. The molecule has 0 aliphatic heterocycles. The van der Waals surface area contributed by atoms with Crippen LogP contribution in [0.4, 0.5) is 0 Å². The highest BCUT2D eigenvalue weighted by Gasteiger charge is 2.69. The molecule has 2 nitrogen and oxygen atoms in total. The zero-order valence-corrected chi connectivity index (χ0v) is 22.2. The minimum Gasteiger partial charge on any atom is -0.390 e. The Morgan fingerprint density at radius 1 is 0.719 bits per heavy atom. The summed E-state index contributed by atoms with van der Waals surface area (Å²) in [4.78, 5) is 0. The second-order valence-corrected chi connectivity index (χ2v) is 15.3. The largest absolute Gasteiger partial charge is 0.390 e. The molecule has 32 heavy (non-hydrogen) atoms. The first-order chi connectivity index (χ1) is 14.6. The van der Waals surface area contributed by atoms with Gasteiger partial charge in [-0.15, -0.1) is 0 Å². The van der Waals surface area contributed by atoms with Crippen molar-refractivity contribution in [2.24, 2.45) is 50.2 Å². The monoisotopic (exact) mass is 442 g/mol. The Bertz CT molecular complexity index is 825. The minimum absolute atomic E-state index is 0.115. The van der Waals surface area contributed by atoms with Gasteiger partial charge in [0, 0.05) is 0 Å². The van der Waals surface area contributed by atoms with Gasteiger partial charge in [0.1, 0.15) is 0 Å². The number of allylic oxidation sites excluding steroid dienone is 2. The van der Waals surface area contributed by atoms with Gasteiger partial charge < -0.3 is 10.2 Å². The molecule has 4 fully saturated rings. The molecule has 0 aromatic heterocycles. The number of hydrogen-bond acceptors (Lipinski definition) is 2. The van der Waals surface area contributed by atoms with Crippen LogP contribution in [-0.4, -0.2) is 22.4 Å². The van der Waals surface area contributed by atoms with Gasteiger partial charge in [0.05, 0.1) is 12.2 Å². The average Bonchev–Trinajstić information content (AvgIpc) is 2.68. The van der Waals surface area contributed by atoms with Crippen LogP contribution in [0, 0.1) is 50.2 Å². The van der Waals surface area contributed by atoms with Crippen LogP contribution in [0.15, 0.2) is 11.6 Å². The Morgan fingerprint density at radius 3 is 2.06 bits per heavy atom. The van der Waals surface area contributed by atoms with Crippen LogP contribution in [0.25, 0.3) is 0 Å². The third-order valence-corrected chi connectivity index (χ3v) is 12.9. The molecular formula is C30H50O2. The van der Waals surface area contributed by atoms with Gasteiger partial charge in [-0.3, -0.25) is 0 Å². The van der Waals surface area contributed by atoms with E-state index in [0.29, 0.717) is 39.4 Å². The number of fused-ring (bicyclic) bond motifs is 7. The van der Waals surface area contributed by atoms with Crippen LogP contribution >= 0.6 is 0 Å². The number of rotatable bonds is 0. The lowest BCUT2D eigenvalue weighted by molar-refractivity contribution is -0.250. The molecule has 182 valence electrons. The summed E-state index contributed by atoms with van der Waals surface area (Å²) in [6.45, 7) is 19.7. The summed E-state index contributed by atoms with van der Waals surface area (Å²) in [5, 5.41) is 21.9. The SMILES string of the molecule is CC1(C)C=C2[C@@H]3CC[C@@H]4[C@@]5(C)C[C@@H](O)[C@H](O)C(C)(C)[C@H]5CC[C@@]4(C)[C@]3(C)CC[C@@]2(C)CC1. The van der Waals surface area contributed by atoms with Gasteiger partial charge in [0.15, 0.2) is 0 Å². The fourth-order valence-corrected chi connectivity index (χ4v) is 10.8. The molecule has 0 radical (unpaired) electrons. The first kappa shape index (κ1) is 23.4. The van der Waals surface area contributed by atoms with Gasteiger partial charge in [-0.2, -0.15) is 0 Å². The van der Waals surface area contributed by atoms with E-state index in [-0.39, 0.29) is 10.8 Å². The molecule has 4 saturated carbocycles. The highest BCUT2D eigenvalue weighted by molar-refractivity contribution is 5.31. The van der Waals surface area contributed by atoms with Crippen LogP contribution < -0.4 is 0 Å². The fraction of sp³-hybridized carbons (Fsp3) is 0.933. The summed E-state index contributed by atoms with van der Waals surface area (Å²) >= 11 is 0. The zero-order valence-electron chi connectivity index (χ0n) is 22.2. The summed E-state index contributed by atoms with van der Waals surface area (Å²) < 4.78 is 0. The predicted octanol–water partition coefficient (Wildman–Crippen LogP) is 7.14. The van der Waals surface area contributed by atoms with Crippen LogP contribution in [0.2, 0.25) is 0 Å². The maximum Gasteiger partial charge on any atom is 0.0852 e. The summed E-state index contributed by atoms with van der Waals surface area (Å²) in [5.74, 6) is 1.85. The Balaban J connectivity index is 1.57. The Kier molecular flexibility index (Phi) is 4.87. The normalized spacial score (nSPS) is 56.2. The maximum atomic E-state index is 11.0. The average molecular weight is 443 g/mol. The lowest BCUT2D eigenvalue weighted by Crippen LogP contribution is -2.67. The molecule has 0 spiro atoms. The highest BCUT2D eigenvalue weighted by atomic mass is 16.3. The van der Waals surface area contributed by atoms with Crippen molar-refractivity contribution in [3.63, 3.8) is 0 Å². The quantitative estimate of drug-likeness (QED) is 0.391. The lowest BCUT2D eigenvalue weighted by Gasteiger charge is -2.72. The molecular weight excluding hydrogens is 392 g/mol. The van der Waals surface area contributed by atoms with Crippen LogP contribution in [0.5, 0.6) is 0 Å². The van der Waals surface area contributed by atoms with Crippen molar-refractivity contribution in [3.05, 3.63) is 11.6 Å². The van der Waals surface area contributed by atoms with Gasteiger partial charge in [-0.25, -0.2) is 0 Å². The van der Waals surface area contributed by atoms with Crippen LogP contribution in [0.3, 0.4) is 0 Å². The molecule has 2 heteroatoms. The molecule has 0 aromatic carbocycles. The topological polar surface area (TPSA) is 40.5 Å². The van der Waals surface area contributed by atoms with E-state index in [1.165, 1.54) is 51.4 Å². The molecule has 0 saturated heterocycles. The number of hydrogen-bond donors (Lipinski definition) is 2. The summed E-state index contributed by atoms with van der Waals surface area (Å²) in [5.41, 5.74) is 3.11. The van der Waals surface area contributed by atoms with Crippen molar-refractivity contribution >= 4 is 0 Å². The van der Waals surface area contributed by atoms with Crippen molar-refractivity contribution in [1.82, 2.24) is 0 Å². The molecule has 5 aliphatic rings. The van der Waals surface area contributed by atoms with Crippen molar-refractivity contribution < 1.29 is 10.2 Å². The van der Waals surface area contributed by atoms with Crippen LogP contribution in [0.1, 0.15) is 113 Å². The lowest BCUT2D eigenvalue weighted by atomic mass is 9.32. The van der Waals surface area contributed by atoms with E-state index in [4.69, 9.17) is 0 Å². The second kappa shape index (κ2) is 6.66. The third kappa shape index (κ3) is 2.78. The van der Waals surface area contributed by atoms with Gasteiger partial charge in [0.25, 0.3) is 0 Å². The molecule has 2 N–H and O–H groups in total. The first-order valence-corrected chi connectivity index (χ1v) is 13.7. The zero-order chi connectivity index (χ0) is 23.5. The molecule has 0 unspecified atom stereocenters. The van der Waals surface area contributed by atoms with Gasteiger partial charge in [-0.1, -0.05) is 67.0 Å². The summed E-state index contributed by atoms with van der Waals surface area (Å²) in [6, 6.07) is 0. The van der Waals surface area contributed by atoms with E-state index >= 15 is 0 Å². The van der Waals surface area contributed by atoms with E-state index in [2.05, 4.69) is 61.5 Å². The van der Waals surface area contributed by atoms with Crippen LogP contribution in [-0.2, 0) is 0 Å². The highest BCUT2D eigenvalue weighted by Crippen LogP contribution is 2.76. The molecule has 0 heterocycles. The third-order valence-electron chi connectivity index (χ3n) is 12.9. The van der Waals surface area contributed by atoms with Gasteiger partial charge >= 0.3 is 0 Å². The molecule has 0 amide bonds. The maximum absolute atomic E-state index is 11.0. The molecule has 5 rings (SSSR count). The minimum atomic E-state index is -0.595. The van der Waals surface area contributed by atoms with Crippen molar-refractivity contribution in [2.75, 3.05) is 0 Å².